The Balaban J connectivity index is 1.73. The maximum atomic E-state index is 12.3. The van der Waals surface area contributed by atoms with Gasteiger partial charge in [-0.05, 0) is 43.2 Å². The van der Waals surface area contributed by atoms with Crippen LogP contribution in [0.1, 0.15) is 12.5 Å². The van der Waals surface area contributed by atoms with Crippen LogP contribution in [0.15, 0.2) is 42.5 Å². The van der Waals surface area contributed by atoms with Gasteiger partial charge in [0, 0.05) is 16.8 Å². The van der Waals surface area contributed by atoms with Crippen LogP contribution in [-0.4, -0.2) is 18.5 Å². The number of anilines is 2. The summed E-state index contributed by atoms with van der Waals surface area (Å²) >= 11 is 12.0. The van der Waals surface area contributed by atoms with Crippen LogP contribution in [0.25, 0.3) is 0 Å². The molecule has 5 heteroatoms. The van der Waals surface area contributed by atoms with Gasteiger partial charge in [0.25, 0.3) is 0 Å². The Labute approximate surface area is 139 Å². The Hall–Kier alpha value is -1.71. The van der Waals surface area contributed by atoms with Crippen molar-refractivity contribution < 1.29 is 4.79 Å². The first-order valence-electron chi connectivity index (χ1n) is 7.14. The van der Waals surface area contributed by atoms with Crippen molar-refractivity contribution in [2.24, 2.45) is 0 Å². The fourth-order valence-corrected chi connectivity index (χ4v) is 3.15. The van der Waals surface area contributed by atoms with E-state index in [1.165, 1.54) is 5.56 Å². The van der Waals surface area contributed by atoms with Crippen LogP contribution in [0.5, 0.6) is 0 Å². The zero-order valence-corrected chi connectivity index (χ0v) is 13.7. The van der Waals surface area contributed by atoms with E-state index in [2.05, 4.69) is 29.3 Å². The van der Waals surface area contributed by atoms with Crippen molar-refractivity contribution >= 4 is 40.5 Å². The number of hydrogen-bond donors (Lipinski definition) is 1. The number of benzene rings is 2. The third kappa shape index (κ3) is 3.06. The van der Waals surface area contributed by atoms with E-state index in [4.69, 9.17) is 23.2 Å². The van der Waals surface area contributed by atoms with Crippen molar-refractivity contribution in [1.82, 2.24) is 0 Å². The average molecular weight is 335 g/mol. The first-order chi connectivity index (χ1) is 10.5. The highest BCUT2D eigenvalue weighted by atomic mass is 35.5. The van der Waals surface area contributed by atoms with Crippen LogP contribution in [0.4, 0.5) is 11.4 Å². The van der Waals surface area contributed by atoms with Gasteiger partial charge in [-0.25, -0.2) is 0 Å². The molecule has 1 aliphatic heterocycles. The molecule has 0 aliphatic carbocycles. The lowest BCUT2D eigenvalue weighted by Gasteiger charge is -2.24. The molecule has 1 heterocycles. The van der Waals surface area contributed by atoms with Crippen LogP contribution in [0.3, 0.4) is 0 Å². The topological polar surface area (TPSA) is 32.3 Å². The number of fused-ring (bicyclic) bond motifs is 1. The molecule has 0 bridgehead atoms. The summed E-state index contributed by atoms with van der Waals surface area (Å²) in [6.45, 7) is 2.42. The summed E-state index contributed by atoms with van der Waals surface area (Å²) in [6, 6.07) is 13.5. The molecular weight excluding hydrogens is 319 g/mol. The normalized spacial score (nSPS) is 16.5. The van der Waals surface area contributed by atoms with E-state index in [0.29, 0.717) is 28.3 Å². The van der Waals surface area contributed by atoms with Gasteiger partial charge in [0.2, 0.25) is 5.91 Å². The quantitative estimate of drug-likeness (QED) is 0.903. The van der Waals surface area contributed by atoms with Gasteiger partial charge in [0.15, 0.2) is 0 Å². The van der Waals surface area contributed by atoms with Crippen molar-refractivity contribution in [2.75, 3.05) is 16.8 Å². The minimum atomic E-state index is -0.104. The maximum Gasteiger partial charge on any atom is 0.243 e. The van der Waals surface area contributed by atoms with Gasteiger partial charge in [-0.3, -0.25) is 4.79 Å². The summed E-state index contributed by atoms with van der Waals surface area (Å²) in [5, 5.41) is 3.85. The first kappa shape index (κ1) is 15.2. The third-order valence-electron chi connectivity index (χ3n) is 3.86. The van der Waals surface area contributed by atoms with Gasteiger partial charge in [-0.2, -0.15) is 0 Å². The second-order valence-electron chi connectivity index (χ2n) is 5.48. The Morgan fingerprint density at radius 2 is 2.05 bits per heavy atom. The lowest BCUT2D eigenvalue weighted by molar-refractivity contribution is -0.115. The predicted octanol–water partition coefficient (Wildman–Crippen LogP) is 4.38. The van der Waals surface area contributed by atoms with E-state index >= 15 is 0 Å². The Morgan fingerprint density at radius 3 is 2.86 bits per heavy atom. The molecule has 114 valence electrons. The van der Waals surface area contributed by atoms with Gasteiger partial charge in [0.05, 0.1) is 17.3 Å². The third-order valence-corrected chi connectivity index (χ3v) is 4.43. The number of carbonyl (C=O) groups excluding carboxylic acids is 1. The molecule has 22 heavy (non-hydrogen) atoms. The van der Waals surface area contributed by atoms with E-state index in [0.717, 1.165) is 12.1 Å². The van der Waals surface area contributed by atoms with E-state index in [1.807, 2.05) is 12.1 Å². The summed E-state index contributed by atoms with van der Waals surface area (Å²) in [4.78, 5) is 14.4. The first-order valence-corrected chi connectivity index (χ1v) is 7.89. The number of nitrogens with zero attached hydrogens (tertiary/aromatic N) is 1. The minimum Gasteiger partial charge on any atom is -0.359 e. The summed E-state index contributed by atoms with van der Waals surface area (Å²) in [6.07, 6.45) is 0.960. The lowest BCUT2D eigenvalue weighted by Crippen LogP contribution is -2.37. The molecule has 2 aromatic carbocycles. The highest BCUT2D eigenvalue weighted by Gasteiger charge is 2.27. The second kappa shape index (κ2) is 6.19. The molecule has 0 aromatic heterocycles. The standard InChI is InChI=1S/C17H16Cl2N2O/c1-11-8-12-4-2-3-5-16(12)21(11)10-17(22)20-15-9-13(18)6-7-14(15)19/h2-7,9,11H,8,10H2,1H3,(H,20,22). The minimum absolute atomic E-state index is 0.104. The van der Waals surface area contributed by atoms with Crippen molar-refractivity contribution in [3.05, 3.63) is 58.1 Å². The molecular formula is C17H16Cl2N2O. The highest BCUT2D eigenvalue weighted by Crippen LogP contribution is 2.31. The number of rotatable bonds is 3. The monoisotopic (exact) mass is 334 g/mol. The van der Waals surface area contributed by atoms with Crippen LogP contribution < -0.4 is 10.2 Å². The summed E-state index contributed by atoms with van der Waals surface area (Å²) in [5.41, 5.74) is 2.95. The maximum absolute atomic E-state index is 12.3. The number of carbonyl (C=O) groups is 1. The number of amides is 1. The number of nitrogens with one attached hydrogen (secondary N) is 1. The fourth-order valence-electron chi connectivity index (χ4n) is 2.81. The smallest absolute Gasteiger partial charge is 0.243 e. The SMILES string of the molecule is CC1Cc2ccccc2N1CC(=O)Nc1cc(Cl)ccc1Cl. The summed E-state index contributed by atoms with van der Waals surface area (Å²) in [7, 11) is 0. The summed E-state index contributed by atoms with van der Waals surface area (Å²) in [5.74, 6) is -0.104. The number of halogens is 2. The number of hydrogen-bond acceptors (Lipinski definition) is 2. The van der Waals surface area contributed by atoms with Gasteiger partial charge in [0.1, 0.15) is 0 Å². The van der Waals surface area contributed by atoms with Crippen molar-refractivity contribution in [1.29, 1.82) is 0 Å². The van der Waals surface area contributed by atoms with Crippen LogP contribution in [0, 0.1) is 0 Å². The molecule has 1 atom stereocenters. The Kier molecular flexibility index (Phi) is 4.27. The van der Waals surface area contributed by atoms with Crippen molar-refractivity contribution in [3.63, 3.8) is 0 Å². The van der Waals surface area contributed by atoms with E-state index in [-0.39, 0.29) is 5.91 Å². The fraction of sp³-hybridized carbons (Fsp3) is 0.235. The Bertz CT molecular complexity index is 718. The van der Waals surface area contributed by atoms with Crippen LogP contribution >= 0.6 is 23.2 Å². The zero-order chi connectivity index (χ0) is 15.7. The molecule has 0 spiro atoms. The molecule has 0 saturated heterocycles. The highest BCUT2D eigenvalue weighted by molar-refractivity contribution is 6.35. The molecule has 1 unspecified atom stereocenters. The lowest BCUT2D eigenvalue weighted by atomic mass is 10.1. The molecule has 0 radical (unpaired) electrons. The van der Waals surface area contributed by atoms with Gasteiger partial charge < -0.3 is 10.2 Å². The summed E-state index contributed by atoms with van der Waals surface area (Å²) < 4.78 is 0. The molecule has 0 fully saturated rings. The molecule has 1 amide bonds. The number of para-hydroxylation sites is 1. The zero-order valence-electron chi connectivity index (χ0n) is 12.1. The molecule has 1 aliphatic rings. The van der Waals surface area contributed by atoms with E-state index in [1.54, 1.807) is 18.2 Å². The van der Waals surface area contributed by atoms with Gasteiger partial charge in [-0.1, -0.05) is 41.4 Å². The largest absolute Gasteiger partial charge is 0.359 e. The average Bonchev–Trinajstić information content (AvgIpc) is 2.79. The Morgan fingerprint density at radius 1 is 1.27 bits per heavy atom. The molecule has 2 aromatic rings. The predicted molar refractivity (Wildman–Crippen MR) is 92.0 cm³/mol. The van der Waals surface area contributed by atoms with E-state index < -0.39 is 0 Å². The van der Waals surface area contributed by atoms with Gasteiger partial charge in [-0.15, -0.1) is 0 Å². The van der Waals surface area contributed by atoms with Crippen LogP contribution in [-0.2, 0) is 11.2 Å². The van der Waals surface area contributed by atoms with Gasteiger partial charge >= 0.3 is 0 Å². The molecule has 3 nitrogen and oxygen atoms in total. The second-order valence-corrected chi connectivity index (χ2v) is 6.33. The van der Waals surface area contributed by atoms with Crippen molar-refractivity contribution in [2.45, 2.75) is 19.4 Å². The van der Waals surface area contributed by atoms with Crippen molar-refractivity contribution in [3.8, 4) is 0 Å². The molecule has 0 saturated carbocycles. The van der Waals surface area contributed by atoms with Crippen LogP contribution in [0.2, 0.25) is 10.0 Å². The molecule has 1 N–H and O–H groups in total. The molecule has 3 rings (SSSR count). The van der Waals surface area contributed by atoms with E-state index in [9.17, 15) is 4.79 Å².